The predicted octanol–water partition coefficient (Wildman–Crippen LogP) is 3.41. The van der Waals surface area contributed by atoms with Crippen LogP contribution in [0.3, 0.4) is 0 Å². The molecule has 5 nitrogen and oxygen atoms in total. The number of hydrogen-bond acceptors (Lipinski definition) is 4. The molecule has 0 aromatic heterocycles. The molecule has 0 heterocycles. The summed E-state index contributed by atoms with van der Waals surface area (Å²) in [5, 5.41) is 2.51. The third-order valence-corrected chi connectivity index (χ3v) is 2.77. The smallest absolute Gasteiger partial charge is 0.407 e. The van der Waals surface area contributed by atoms with E-state index in [9.17, 15) is 9.59 Å². The zero-order valence-electron chi connectivity index (χ0n) is 12.4. The largest absolute Gasteiger partial charge is 0.460 e. The number of halogens is 1. The molecule has 0 aliphatic heterocycles. The van der Waals surface area contributed by atoms with Crippen LogP contribution in [0.4, 0.5) is 4.79 Å². The van der Waals surface area contributed by atoms with E-state index in [0.717, 1.165) is 10.0 Å². The highest BCUT2D eigenvalue weighted by Crippen LogP contribution is 2.12. The molecule has 1 rings (SSSR count). The van der Waals surface area contributed by atoms with E-state index in [-0.39, 0.29) is 25.5 Å². The molecule has 21 heavy (non-hydrogen) atoms. The summed E-state index contributed by atoms with van der Waals surface area (Å²) < 4.78 is 11.1. The second-order valence-corrected chi connectivity index (χ2v) is 6.38. The number of amides is 1. The minimum atomic E-state index is -0.557. The second-order valence-electron chi connectivity index (χ2n) is 5.47. The summed E-state index contributed by atoms with van der Waals surface area (Å²) >= 11 is 3.34. The van der Waals surface area contributed by atoms with Gasteiger partial charge in [-0.15, -0.1) is 0 Å². The van der Waals surface area contributed by atoms with Gasteiger partial charge in [0.2, 0.25) is 0 Å². The molecule has 0 radical (unpaired) electrons. The highest BCUT2D eigenvalue weighted by atomic mass is 79.9. The van der Waals surface area contributed by atoms with Crippen LogP contribution in [0.2, 0.25) is 0 Å². The highest BCUT2D eigenvalue weighted by Gasteiger charge is 2.16. The molecular formula is C15H20BrNO4. The first kappa shape index (κ1) is 17.5. The van der Waals surface area contributed by atoms with E-state index >= 15 is 0 Å². The Morgan fingerprint density at radius 3 is 2.62 bits per heavy atom. The Kier molecular flexibility index (Phi) is 6.68. The normalized spacial score (nSPS) is 10.9. The Hall–Kier alpha value is -1.56. The zero-order chi connectivity index (χ0) is 15.9. The first-order valence-electron chi connectivity index (χ1n) is 6.63. The van der Waals surface area contributed by atoms with Gasteiger partial charge in [-0.3, -0.25) is 4.79 Å². The lowest BCUT2D eigenvalue weighted by Crippen LogP contribution is -2.29. The number of carbonyl (C=O) groups excluding carboxylic acids is 2. The molecule has 1 aromatic rings. The van der Waals surface area contributed by atoms with E-state index in [1.165, 1.54) is 0 Å². The number of ether oxygens (including phenoxy) is 2. The van der Waals surface area contributed by atoms with E-state index in [2.05, 4.69) is 21.2 Å². The lowest BCUT2D eigenvalue weighted by molar-refractivity contribution is -0.154. The molecule has 0 atom stereocenters. The monoisotopic (exact) mass is 357 g/mol. The van der Waals surface area contributed by atoms with Gasteiger partial charge in [0.1, 0.15) is 12.2 Å². The molecule has 0 aliphatic rings. The van der Waals surface area contributed by atoms with Gasteiger partial charge in [-0.2, -0.15) is 0 Å². The number of hydrogen-bond donors (Lipinski definition) is 1. The molecule has 0 bridgehead atoms. The Morgan fingerprint density at radius 1 is 1.29 bits per heavy atom. The van der Waals surface area contributed by atoms with E-state index in [1.807, 2.05) is 24.3 Å². The summed E-state index contributed by atoms with van der Waals surface area (Å²) in [5.74, 6) is -0.352. The Balaban J connectivity index is 2.21. The van der Waals surface area contributed by atoms with Crippen molar-refractivity contribution >= 4 is 28.0 Å². The lowest BCUT2D eigenvalue weighted by Gasteiger charge is -2.19. The van der Waals surface area contributed by atoms with Gasteiger partial charge < -0.3 is 14.8 Å². The van der Waals surface area contributed by atoms with Crippen molar-refractivity contribution in [2.45, 2.75) is 39.4 Å². The number of carbonyl (C=O) groups is 2. The fraction of sp³-hybridized carbons (Fsp3) is 0.467. The van der Waals surface area contributed by atoms with Crippen LogP contribution in [0.1, 0.15) is 32.8 Å². The van der Waals surface area contributed by atoms with Gasteiger partial charge in [0.25, 0.3) is 0 Å². The third kappa shape index (κ3) is 8.34. The van der Waals surface area contributed by atoms with Crippen molar-refractivity contribution in [2.24, 2.45) is 0 Å². The second kappa shape index (κ2) is 8.02. The van der Waals surface area contributed by atoms with Crippen LogP contribution in [-0.4, -0.2) is 24.2 Å². The lowest BCUT2D eigenvalue weighted by atomic mass is 10.2. The van der Waals surface area contributed by atoms with Crippen molar-refractivity contribution in [2.75, 3.05) is 6.54 Å². The summed E-state index contributed by atoms with van der Waals surface area (Å²) in [6.07, 6.45) is -0.443. The van der Waals surface area contributed by atoms with Crippen molar-refractivity contribution in [3.63, 3.8) is 0 Å². The van der Waals surface area contributed by atoms with Crippen molar-refractivity contribution < 1.29 is 19.1 Å². The molecule has 6 heteroatoms. The van der Waals surface area contributed by atoms with Crippen LogP contribution in [-0.2, 0) is 20.9 Å². The molecule has 0 saturated heterocycles. The van der Waals surface area contributed by atoms with Gasteiger partial charge in [0.05, 0.1) is 6.42 Å². The Morgan fingerprint density at radius 2 is 2.00 bits per heavy atom. The third-order valence-electron chi connectivity index (χ3n) is 2.28. The average Bonchev–Trinajstić information content (AvgIpc) is 2.34. The van der Waals surface area contributed by atoms with Crippen molar-refractivity contribution in [1.82, 2.24) is 5.32 Å². The van der Waals surface area contributed by atoms with Crippen LogP contribution in [0.5, 0.6) is 0 Å². The number of benzene rings is 1. The van der Waals surface area contributed by atoms with Crippen molar-refractivity contribution in [3.8, 4) is 0 Å². The number of esters is 1. The van der Waals surface area contributed by atoms with Gasteiger partial charge in [0, 0.05) is 11.0 Å². The Bertz CT molecular complexity index is 497. The first-order valence-corrected chi connectivity index (χ1v) is 7.42. The molecule has 0 unspecified atom stereocenters. The summed E-state index contributed by atoms with van der Waals surface area (Å²) in [6, 6.07) is 7.49. The minimum absolute atomic E-state index is 0.114. The quantitative estimate of drug-likeness (QED) is 0.820. The molecule has 0 spiro atoms. The summed E-state index contributed by atoms with van der Waals surface area (Å²) in [4.78, 5) is 22.9. The van der Waals surface area contributed by atoms with Gasteiger partial charge in [0.15, 0.2) is 0 Å². The standard InChI is InChI=1S/C15H20BrNO4/c1-15(2,3)21-13(18)7-8-17-14(19)20-10-11-5-4-6-12(16)9-11/h4-6,9H,7-8,10H2,1-3H3,(H,17,19). The summed E-state index contributed by atoms with van der Waals surface area (Å²) in [6.45, 7) is 5.75. The van der Waals surface area contributed by atoms with E-state index in [0.29, 0.717) is 0 Å². The number of alkyl carbamates (subject to hydrolysis) is 1. The zero-order valence-corrected chi connectivity index (χ0v) is 14.0. The molecule has 0 aliphatic carbocycles. The minimum Gasteiger partial charge on any atom is -0.460 e. The maximum Gasteiger partial charge on any atom is 0.407 e. The van der Waals surface area contributed by atoms with Crippen LogP contribution in [0.15, 0.2) is 28.7 Å². The SMILES string of the molecule is CC(C)(C)OC(=O)CCNC(=O)OCc1cccc(Br)c1. The molecular weight excluding hydrogens is 338 g/mol. The van der Waals surface area contributed by atoms with E-state index in [1.54, 1.807) is 20.8 Å². The van der Waals surface area contributed by atoms with Crippen LogP contribution >= 0.6 is 15.9 Å². The topological polar surface area (TPSA) is 64.6 Å². The summed E-state index contributed by atoms with van der Waals surface area (Å²) in [5.41, 5.74) is 0.366. The average molecular weight is 358 g/mol. The van der Waals surface area contributed by atoms with Crippen LogP contribution in [0, 0.1) is 0 Å². The van der Waals surface area contributed by atoms with E-state index in [4.69, 9.17) is 9.47 Å². The highest BCUT2D eigenvalue weighted by molar-refractivity contribution is 9.10. The van der Waals surface area contributed by atoms with Gasteiger partial charge in [-0.05, 0) is 38.5 Å². The number of rotatable bonds is 5. The molecule has 116 valence electrons. The maximum absolute atomic E-state index is 11.5. The van der Waals surface area contributed by atoms with Crippen molar-refractivity contribution in [3.05, 3.63) is 34.3 Å². The van der Waals surface area contributed by atoms with Crippen LogP contribution < -0.4 is 5.32 Å². The molecule has 1 N–H and O–H groups in total. The molecule has 0 fully saturated rings. The fourth-order valence-electron chi connectivity index (χ4n) is 1.49. The first-order chi connectivity index (χ1) is 9.76. The molecule has 1 amide bonds. The summed E-state index contributed by atoms with van der Waals surface area (Å²) in [7, 11) is 0. The molecule has 0 saturated carbocycles. The van der Waals surface area contributed by atoms with Crippen molar-refractivity contribution in [1.29, 1.82) is 0 Å². The maximum atomic E-state index is 11.5. The van der Waals surface area contributed by atoms with Gasteiger partial charge >= 0.3 is 12.1 Å². The van der Waals surface area contributed by atoms with E-state index < -0.39 is 11.7 Å². The van der Waals surface area contributed by atoms with Gasteiger partial charge in [-0.25, -0.2) is 4.79 Å². The van der Waals surface area contributed by atoms with Crippen LogP contribution in [0.25, 0.3) is 0 Å². The fourth-order valence-corrected chi connectivity index (χ4v) is 1.93. The molecule has 1 aromatic carbocycles. The Labute approximate surface area is 133 Å². The van der Waals surface area contributed by atoms with Gasteiger partial charge in [-0.1, -0.05) is 28.1 Å². The predicted molar refractivity (Wildman–Crippen MR) is 82.8 cm³/mol. The number of nitrogens with one attached hydrogen (secondary N) is 1.